The molecule has 0 aromatic carbocycles. The second-order valence-corrected chi connectivity index (χ2v) is 3.83. The molecule has 0 aliphatic rings. The molecule has 108 valence electrons. The monoisotopic (exact) mass is 310 g/mol. The number of aliphatic carboxylic acids is 3. The fraction of sp³-hybridized carbons (Fsp3) is 0.700. The molecule has 0 spiro atoms. The van der Waals surface area contributed by atoms with Crippen LogP contribution in [0.25, 0.3) is 0 Å². The van der Waals surface area contributed by atoms with Gasteiger partial charge in [-0.25, -0.2) is 0 Å². The Morgan fingerprint density at radius 3 is 1.75 bits per heavy atom. The Bertz CT molecular complexity index is 310. The van der Waals surface area contributed by atoms with Crippen molar-refractivity contribution in [1.82, 2.24) is 4.90 Å². The summed E-state index contributed by atoms with van der Waals surface area (Å²) in [5, 5.41) is 26.3. The van der Waals surface area contributed by atoms with Crippen molar-refractivity contribution >= 4 is 17.9 Å². The van der Waals surface area contributed by atoms with Gasteiger partial charge in [-0.05, 0) is 19.4 Å². The second kappa shape index (κ2) is 14.3. The molecule has 0 aromatic heterocycles. The third kappa shape index (κ3) is 12.1. The Balaban J connectivity index is -0.000000241. The van der Waals surface area contributed by atoms with E-state index in [9.17, 15) is 14.4 Å². The molecule has 1 atom stereocenters. The third-order valence-corrected chi connectivity index (χ3v) is 2.33. The molecule has 8 nitrogen and oxygen atoms in total. The number of hydrogen-bond acceptors (Lipinski definition) is 5. The first-order valence-corrected chi connectivity index (χ1v) is 5.49. The largest absolute Gasteiger partial charge is 1.00 e. The molecule has 0 aliphatic heterocycles. The van der Waals surface area contributed by atoms with Crippen molar-refractivity contribution < 1.29 is 91.7 Å². The van der Waals surface area contributed by atoms with E-state index in [0.717, 1.165) is 4.90 Å². The van der Waals surface area contributed by atoms with Crippen LogP contribution in [0.3, 0.4) is 0 Å². The van der Waals surface area contributed by atoms with Crippen LogP contribution in [0, 0.1) is 0 Å². The first-order valence-electron chi connectivity index (χ1n) is 5.49. The summed E-state index contributed by atoms with van der Waals surface area (Å²) in [6, 6.07) is -1.12. The van der Waals surface area contributed by atoms with E-state index in [1.807, 2.05) is 0 Å². The van der Waals surface area contributed by atoms with E-state index in [0.29, 0.717) is 19.4 Å². The SMILES string of the molecule is NCCCC[C@@H](C(=O)O)N(CC(=O)O)CC(=O)O.[H-].[H-].[Na+].[Na+]. The van der Waals surface area contributed by atoms with Crippen molar-refractivity contribution in [2.45, 2.75) is 25.3 Å². The maximum atomic E-state index is 11.0. The Labute approximate surface area is 164 Å². The van der Waals surface area contributed by atoms with Gasteiger partial charge in [-0.1, -0.05) is 6.42 Å². The van der Waals surface area contributed by atoms with Crippen molar-refractivity contribution in [1.29, 1.82) is 0 Å². The standard InChI is InChI=1S/C10H18N2O6.2Na.2H/c11-4-2-1-3-7(10(17)18)12(5-8(13)14)6-9(15)16;;;;/h7H,1-6,11H2,(H,13,14)(H,15,16)(H,17,18);;;;/q;2*+1;2*-1/t7-;;;;/m0..../s1. The number of carboxylic acids is 3. The van der Waals surface area contributed by atoms with Gasteiger partial charge in [-0.3, -0.25) is 19.3 Å². The summed E-state index contributed by atoms with van der Waals surface area (Å²) >= 11 is 0. The van der Waals surface area contributed by atoms with Crippen LogP contribution in [-0.4, -0.2) is 63.8 Å². The minimum atomic E-state index is -1.26. The molecule has 0 radical (unpaired) electrons. The van der Waals surface area contributed by atoms with E-state index in [4.69, 9.17) is 21.1 Å². The molecule has 0 aliphatic carbocycles. The summed E-state index contributed by atoms with van der Waals surface area (Å²) in [5.74, 6) is -3.75. The minimum absolute atomic E-state index is 0. The van der Waals surface area contributed by atoms with Gasteiger partial charge in [0.15, 0.2) is 0 Å². The quantitative estimate of drug-likeness (QED) is 0.230. The molecule has 0 saturated heterocycles. The molecular formula is C10H20N2Na2O6. The summed E-state index contributed by atoms with van der Waals surface area (Å²) in [7, 11) is 0. The predicted octanol–water partition coefficient (Wildman–Crippen LogP) is -6.73. The average molecular weight is 310 g/mol. The molecule has 0 rings (SSSR count). The average Bonchev–Trinajstić information content (AvgIpc) is 2.21. The van der Waals surface area contributed by atoms with Crippen LogP contribution >= 0.6 is 0 Å². The van der Waals surface area contributed by atoms with Gasteiger partial charge in [0.25, 0.3) is 0 Å². The van der Waals surface area contributed by atoms with Crippen LogP contribution < -0.4 is 64.8 Å². The molecule has 0 unspecified atom stereocenters. The fourth-order valence-corrected chi connectivity index (χ4v) is 1.57. The van der Waals surface area contributed by atoms with Gasteiger partial charge in [0.1, 0.15) is 6.04 Å². The Hall–Kier alpha value is 0.330. The molecular weight excluding hydrogens is 290 g/mol. The van der Waals surface area contributed by atoms with Gasteiger partial charge in [-0.2, -0.15) is 0 Å². The van der Waals surface area contributed by atoms with Crippen LogP contribution in [-0.2, 0) is 14.4 Å². The number of unbranched alkanes of at least 4 members (excludes halogenated alkanes) is 1. The topological polar surface area (TPSA) is 141 Å². The van der Waals surface area contributed by atoms with Crippen molar-refractivity contribution in [2.24, 2.45) is 5.73 Å². The molecule has 0 amide bonds. The third-order valence-electron chi connectivity index (χ3n) is 2.33. The molecule has 0 heterocycles. The molecule has 0 fully saturated rings. The number of nitrogens with two attached hydrogens (primary N) is 1. The van der Waals surface area contributed by atoms with E-state index in [1.54, 1.807) is 0 Å². The van der Waals surface area contributed by atoms with Crippen molar-refractivity contribution in [3.05, 3.63) is 0 Å². The number of rotatable bonds is 10. The van der Waals surface area contributed by atoms with E-state index >= 15 is 0 Å². The first-order chi connectivity index (χ1) is 8.38. The Morgan fingerprint density at radius 2 is 1.45 bits per heavy atom. The zero-order chi connectivity index (χ0) is 14.1. The van der Waals surface area contributed by atoms with Crippen LogP contribution in [0.5, 0.6) is 0 Å². The Kier molecular flexibility index (Phi) is 18.1. The van der Waals surface area contributed by atoms with Gasteiger partial charge in [0.2, 0.25) is 0 Å². The smallest absolute Gasteiger partial charge is 1.00 e. The van der Waals surface area contributed by atoms with Crippen molar-refractivity contribution in [3.8, 4) is 0 Å². The number of hydrogen-bond donors (Lipinski definition) is 4. The molecule has 0 bridgehead atoms. The van der Waals surface area contributed by atoms with Gasteiger partial charge in [0.05, 0.1) is 13.1 Å². The fourth-order valence-electron chi connectivity index (χ4n) is 1.57. The first kappa shape index (κ1) is 25.3. The van der Waals surface area contributed by atoms with Gasteiger partial charge >= 0.3 is 77.0 Å². The molecule has 20 heavy (non-hydrogen) atoms. The summed E-state index contributed by atoms with van der Waals surface area (Å²) in [6.45, 7) is -0.831. The van der Waals surface area contributed by atoms with E-state index in [1.165, 1.54) is 0 Å². The van der Waals surface area contributed by atoms with Gasteiger partial charge in [0, 0.05) is 0 Å². The normalized spacial score (nSPS) is 11.1. The molecule has 10 heteroatoms. The van der Waals surface area contributed by atoms with E-state index in [-0.39, 0.29) is 68.4 Å². The predicted molar refractivity (Wildman–Crippen MR) is 63.4 cm³/mol. The van der Waals surface area contributed by atoms with E-state index in [2.05, 4.69) is 0 Å². The zero-order valence-electron chi connectivity index (χ0n) is 13.9. The van der Waals surface area contributed by atoms with E-state index < -0.39 is 37.0 Å². The zero-order valence-corrected chi connectivity index (χ0v) is 15.9. The van der Waals surface area contributed by atoms with Crippen LogP contribution in [0.2, 0.25) is 0 Å². The summed E-state index contributed by atoms with van der Waals surface area (Å²) in [6.07, 6.45) is 1.29. The maximum Gasteiger partial charge on any atom is 1.00 e. The molecule has 0 aromatic rings. The van der Waals surface area contributed by atoms with Crippen LogP contribution in [0.1, 0.15) is 22.1 Å². The van der Waals surface area contributed by atoms with Crippen LogP contribution in [0.4, 0.5) is 0 Å². The summed E-state index contributed by atoms with van der Waals surface area (Å²) in [5.41, 5.74) is 5.28. The van der Waals surface area contributed by atoms with Gasteiger partial charge in [-0.15, -0.1) is 0 Å². The number of carbonyl (C=O) groups is 3. The maximum absolute atomic E-state index is 11.0. The minimum Gasteiger partial charge on any atom is -1.00 e. The number of nitrogens with zero attached hydrogens (tertiary/aromatic N) is 1. The van der Waals surface area contributed by atoms with Crippen molar-refractivity contribution in [2.75, 3.05) is 19.6 Å². The molecule has 0 saturated carbocycles. The van der Waals surface area contributed by atoms with Crippen molar-refractivity contribution in [3.63, 3.8) is 0 Å². The molecule has 5 N–H and O–H groups in total. The Morgan fingerprint density at radius 1 is 1.00 bits per heavy atom. The summed E-state index contributed by atoms with van der Waals surface area (Å²) < 4.78 is 0. The summed E-state index contributed by atoms with van der Waals surface area (Å²) in [4.78, 5) is 33.2. The van der Waals surface area contributed by atoms with Gasteiger partial charge < -0.3 is 23.9 Å². The van der Waals surface area contributed by atoms with Crippen LogP contribution in [0.15, 0.2) is 0 Å². The number of carboxylic acid groups (broad SMARTS) is 3. The second-order valence-electron chi connectivity index (χ2n) is 3.83.